The molecule has 7 heteroatoms. The first-order valence-electron chi connectivity index (χ1n) is 9.81. The van der Waals surface area contributed by atoms with Gasteiger partial charge in [-0.3, -0.25) is 9.89 Å². The van der Waals surface area contributed by atoms with Gasteiger partial charge in [0.25, 0.3) is 0 Å². The fourth-order valence-corrected chi connectivity index (χ4v) is 2.84. The second-order valence-corrected chi connectivity index (χ2v) is 8.05. The number of nitrogens with zero attached hydrogens (tertiary/aromatic N) is 2. The molecule has 1 saturated carbocycles. The summed E-state index contributed by atoms with van der Waals surface area (Å²) in [4.78, 5) is 18.7. The maximum absolute atomic E-state index is 12.7. The van der Waals surface area contributed by atoms with Crippen molar-refractivity contribution in [1.29, 1.82) is 0 Å². The van der Waals surface area contributed by atoms with Gasteiger partial charge in [-0.2, -0.15) is 0 Å². The van der Waals surface area contributed by atoms with Crippen molar-refractivity contribution in [2.24, 2.45) is 4.99 Å². The first-order chi connectivity index (χ1) is 12.7. The van der Waals surface area contributed by atoms with E-state index in [2.05, 4.69) is 34.7 Å². The summed E-state index contributed by atoms with van der Waals surface area (Å²) in [5, 5.41) is 6.58. The lowest BCUT2D eigenvalue weighted by atomic mass is 10.1. The molecule has 0 radical (unpaired) electrons. The molecule has 1 fully saturated rings. The third-order valence-corrected chi connectivity index (χ3v) is 4.25. The Balaban J connectivity index is 0.00000392. The van der Waals surface area contributed by atoms with Crippen LogP contribution in [0.3, 0.4) is 0 Å². The molecule has 2 rings (SSSR count). The summed E-state index contributed by atoms with van der Waals surface area (Å²) in [7, 11) is 1.77. The Bertz CT molecular complexity index is 681. The smallest absolute Gasteiger partial charge is 0.415 e. The minimum Gasteiger partial charge on any atom is -0.443 e. The monoisotopic (exact) mass is 502 g/mol. The summed E-state index contributed by atoms with van der Waals surface area (Å²) in [5.74, 6) is 0.798. The van der Waals surface area contributed by atoms with Crippen molar-refractivity contribution < 1.29 is 9.53 Å². The molecular formula is C21H35IN4O2. The molecule has 6 nitrogen and oxygen atoms in total. The summed E-state index contributed by atoms with van der Waals surface area (Å²) in [6.45, 7) is 11.4. The number of guanidine groups is 1. The van der Waals surface area contributed by atoms with Crippen molar-refractivity contribution in [3.8, 4) is 0 Å². The molecule has 0 aliphatic heterocycles. The Hall–Kier alpha value is -1.51. The largest absolute Gasteiger partial charge is 0.443 e. The molecule has 0 spiro atoms. The number of benzene rings is 1. The number of anilines is 1. The molecule has 158 valence electrons. The van der Waals surface area contributed by atoms with Crippen molar-refractivity contribution in [3.05, 3.63) is 29.3 Å². The molecule has 28 heavy (non-hydrogen) atoms. The van der Waals surface area contributed by atoms with E-state index in [9.17, 15) is 4.79 Å². The summed E-state index contributed by atoms with van der Waals surface area (Å²) < 4.78 is 5.62. The average Bonchev–Trinajstić information content (AvgIpc) is 3.40. The van der Waals surface area contributed by atoms with Crippen LogP contribution in [0.15, 0.2) is 23.2 Å². The van der Waals surface area contributed by atoms with Gasteiger partial charge >= 0.3 is 6.09 Å². The van der Waals surface area contributed by atoms with Gasteiger partial charge in [0.05, 0.1) is 5.69 Å². The summed E-state index contributed by atoms with van der Waals surface area (Å²) in [6, 6.07) is 6.45. The molecule has 1 aromatic carbocycles. The molecule has 1 aliphatic carbocycles. The topological polar surface area (TPSA) is 66.0 Å². The van der Waals surface area contributed by atoms with Crippen LogP contribution in [-0.2, 0) is 11.3 Å². The van der Waals surface area contributed by atoms with Gasteiger partial charge in [0.2, 0.25) is 0 Å². The Morgan fingerprint density at radius 2 is 1.96 bits per heavy atom. The van der Waals surface area contributed by atoms with Crippen molar-refractivity contribution in [2.75, 3.05) is 18.5 Å². The van der Waals surface area contributed by atoms with Crippen molar-refractivity contribution in [3.63, 3.8) is 0 Å². The highest BCUT2D eigenvalue weighted by molar-refractivity contribution is 14.0. The summed E-state index contributed by atoms with van der Waals surface area (Å²) in [6.07, 6.45) is 2.85. The SMILES string of the molecule is CCCNC(=NC)NCc1ccc(N(C(=O)OC(C)(C)C)C2CC2)c(C)c1.I. The lowest BCUT2D eigenvalue weighted by Gasteiger charge is -2.28. The standard InChI is InChI=1S/C21H34N4O2.HI/c1-7-12-23-19(22-6)24-14-16-8-11-18(15(2)13-16)25(17-9-10-17)20(26)27-21(3,4)5;/h8,11,13,17H,7,9-10,12,14H2,1-6H3,(H2,22,23,24);1H. The third-order valence-electron chi connectivity index (χ3n) is 4.25. The highest BCUT2D eigenvalue weighted by atomic mass is 127. The number of halogens is 1. The molecule has 2 N–H and O–H groups in total. The van der Waals surface area contributed by atoms with Crippen LogP contribution in [0.4, 0.5) is 10.5 Å². The number of aryl methyl sites for hydroxylation is 1. The number of ether oxygens (including phenoxy) is 1. The fourth-order valence-electron chi connectivity index (χ4n) is 2.84. The molecular weight excluding hydrogens is 467 g/mol. The number of hydrogen-bond acceptors (Lipinski definition) is 3. The minimum absolute atomic E-state index is 0. The van der Waals surface area contributed by atoms with Crippen LogP contribution >= 0.6 is 24.0 Å². The molecule has 1 aromatic rings. The normalized spacial score (nSPS) is 14.1. The summed E-state index contributed by atoms with van der Waals surface area (Å²) in [5.41, 5.74) is 2.66. The maximum Gasteiger partial charge on any atom is 0.415 e. The van der Waals surface area contributed by atoms with Crippen LogP contribution in [0, 0.1) is 6.92 Å². The van der Waals surface area contributed by atoms with E-state index >= 15 is 0 Å². The number of rotatable bonds is 6. The van der Waals surface area contributed by atoms with Gasteiger partial charge in [-0.1, -0.05) is 19.1 Å². The number of aliphatic imine (C=N–C) groups is 1. The van der Waals surface area contributed by atoms with E-state index < -0.39 is 5.60 Å². The molecule has 0 atom stereocenters. The van der Waals surface area contributed by atoms with Crippen molar-refractivity contribution in [1.82, 2.24) is 10.6 Å². The predicted molar refractivity (Wildman–Crippen MR) is 127 cm³/mol. The third kappa shape index (κ3) is 7.48. The van der Waals surface area contributed by atoms with Crippen LogP contribution in [0.25, 0.3) is 0 Å². The fraction of sp³-hybridized carbons (Fsp3) is 0.619. The Labute approximate surface area is 186 Å². The van der Waals surface area contributed by atoms with E-state index in [1.54, 1.807) is 7.05 Å². The molecule has 0 aromatic heterocycles. The van der Waals surface area contributed by atoms with Gasteiger partial charge in [0.15, 0.2) is 5.96 Å². The highest BCUT2D eigenvalue weighted by Gasteiger charge is 2.37. The number of nitrogens with one attached hydrogen (secondary N) is 2. The Morgan fingerprint density at radius 1 is 1.29 bits per heavy atom. The van der Waals surface area contributed by atoms with Crippen molar-refractivity contribution >= 4 is 41.7 Å². The first kappa shape index (κ1) is 24.5. The van der Waals surface area contributed by atoms with Crippen LogP contribution in [0.5, 0.6) is 0 Å². The van der Waals surface area contributed by atoms with Crippen molar-refractivity contribution in [2.45, 2.75) is 72.1 Å². The Kier molecular flexibility index (Phi) is 9.53. The molecule has 0 heterocycles. The van der Waals surface area contributed by atoms with Gasteiger partial charge in [-0.05, 0) is 64.2 Å². The number of carbonyl (C=O) groups is 1. The van der Waals surface area contributed by atoms with E-state index in [4.69, 9.17) is 4.74 Å². The Morgan fingerprint density at radius 3 is 2.46 bits per heavy atom. The van der Waals surface area contributed by atoms with E-state index in [0.29, 0.717) is 6.54 Å². The second-order valence-electron chi connectivity index (χ2n) is 8.05. The van der Waals surface area contributed by atoms with Crippen LogP contribution in [-0.4, -0.2) is 37.3 Å². The van der Waals surface area contributed by atoms with Gasteiger partial charge in [0.1, 0.15) is 5.60 Å². The van der Waals surface area contributed by atoms with Gasteiger partial charge in [-0.25, -0.2) is 4.79 Å². The zero-order valence-electron chi connectivity index (χ0n) is 18.0. The van der Waals surface area contributed by atoms with Crippen LogP contribution < -0.4 is 15.5 Å². The number of hydrogen-bond donors (Lipinski definition) is 2. The number of amides is 1. The lowest BCUT2D eigenvalue weighted by Crippen LogP contribution is -2.39. The molecule has 0 unspecified atom stereocenters. The van der Waals surface area contributed by atoms with Gasteiger partial charge in [0, 0.05) is 26.2 Å². The van der Waals surface area contributed by atoms with E-state index in [1.807, 2.05) is 38.7 Å². The molecule has 1 aliphatic rings. The molecule has 0 bridgehead atoms. The van der Waals surface area contributed by atoms with Crippen LogP contribution in [0.2, 0.25) is 0 Å². The predicted octanol–water partition coefficient (Wildman–Crippen LogP) is 4.59. The zero-order valence-corrected chi connectivity index (χ0v) is 20.3. The highest BCUT2D eigenvalue weighted by Crippen LogP contribution is 2.35. The minimum atomic E-state index is -0.497. The quantitative estimate of drug-likeness (QED) is 0.339. The van der Waals surface area contributed by atoms with Gasteiger partial charge in [-0.15, -0.1) is 24.0 Å². The number of carbonyl (C=O) groups excluding carboxylic acids is 1. The lowest BCUT2D eigenvalue weighted by molar-refractivity contribution is 0.0577. The first-order valence-corrected chi connectivity index (χ1v) is 9.81. The van der Waals surface area contributed by atoms with Crippen LogP contribution in [0.1, 0.15) is 58.1 Å². The molecule has 1 amide bonds. The zero-order chi connectivity index (χ0) is 20.0. The van der Waals surface area contributed by atoms with E-state index in [1.165, 1.54) is 0 Å². The van der Waals surface area contributed by atoms with E-state index in [-0.39, 0.29) is 36.1 Å². The maximum atomic E-state index is 12.7. The second kappa shape index (κ2) is 10.9. The summed E-state index contributed by atoms with van der Waals surface area (Å²) >= 11 is 0. The average molecular weight is 502 g/mol. The molecule has 0 saturated heterocycles. The van der Waals surface area contributed by atoms with Gasteiger partial charge < -0.3 is 15.4 Å². The van der Waals surface area contributed by atoms with E-state index in [0.717, 1.165) is 48.6 Å².